The molecule has 0 aliphatic carbocycles. The summed E-state index contributed by atoms with van der Waals surface area (Å²) in [5.74, 6) is -2.36. The lowest BCUT2D eigenvalue weighted by Crippen LogP contribution is -2.11. The molecular formula is C52H35NO. The van der Waals surface area contributed by atoms with E-state index in [9.17, 15) is 21.9 Å². The van der Waals surface area contributed by atoms with Crippen LogP contribution in [0, 0.1) is 0 Å². The largest absolute Gasteiger partial charge is 0.454 e. The van der Waals surface area contributed by atoms with E-state index < -0.39 is 306 Å². The summed E-state index contributed by atoms with van der Waals surface area (Å²) in [5.41, 5.74) is -13.5. The second-order valence-electron chi connectivity index (χ2n) is 11.0. The van der Waals surface area contributed by atoms with Crippen LogP contribution in [0.25, 0.3) is 66.4 Å². The van der Waals surface area contributed by atoms with Gasteiger partial charge < -0.3 is 9.64 Å². The second-order valence-corrected chi connectivity index (χ2v) is 11.0. The highest BCUT2D eigenvalue weighted by Gasteiger charge is 2.27. The summed E-state index contributed by atoms with van der Waals surface area (Å²) in [5, 5.41) is -1.55. The fraction of sp³-hybridized carbons (Fsp3) is 0. The normalized spacial score (nSPS) is 20.6. The highest BCUT2D eigenvalue weighted by Crippen LogP contribution is 2.54. The van der Waals surface area contributed by atoms with E-state index in [0.29, 0.717) is 0 Å². The van der Waals surface area contributed by atoms with Crippen molar-refractivity contribution in [3.05, 3.63) is 211 Å². The van der Waals surface area contributed by atoms with Gasteiger partial charge in [-0.2, -0.15) is 0 Å². The van der Waals surface area contributed by atoms with Crippen LogP contribution < -0.4 is 9.64 Å². The van der Waals surface area contributed by atoms with Crippen molar-refractivity contribution in [2.75, 3.05) is 4.90 Å². The molecule has 54 heavy (non-hydrogen) atoms. The van der Waals surface area contributed by atoms with Crippen LogP contribution in [0.4, 0.5) is 17.1 Å². The lowest BCUT2D eigenvalue weighted by atomic mass is 9.90. The molecule has 2 heteroatoms. The van der Waals surface area contributed by atoms with Gasteiger partial charge in [0.15, 0.2) is 5.75 Å². The second kappa shape index (κ2) is 13.4. The fourth-order valence-corrected chi connectivity index (χ4v) is 5.48. The van der Waals surface area contributed by atoms with Crippen LogP contribution >= 0.6 is 0 Å². The van der Waals surface area contributed by atoms with E-state index >= 15 is 0 Å². The van der Waals surface area contributed by atoms with Gasteiger partial charge in [-0.05, 0) is 104 Å². The van der Waals surface area contributed by atoms with Crippen LogP contribution in [-0.4, -0.2) is 0 Å². The van der Waals surface area contributed by atoms with Gasteiger partial charge in [0.2, 0.25) is 0 Å². The molecule has 0 atom stereocenters. The number of ether oxygens (including phenoxy) is 1. The summed E-state index contributed by atoms with van der Waals surface area (Å²) < 4.78 is 324. The number of hydrogen-bond acceptors (Lipinski definition) is 2. The smallest absolute Gasteiger partial charge is 0.159 e. The van der Waals surface area contributed by atoms with Gasteiger partial charge in [0.05, 0.1) is 53.7 Å². The van der Waals surface area contributed by atoms with Gasteiger partial charge in [-0.1, -0.05) is 163 Å². The molecule has 1 aliphatic rings. The predicted molar refractivity (Wildman–Crippen MR) is 226 cm³/mol. The minimum absolute atomic E-state index is 0.237. The summed E-state index contributed by atoms with van der Waals surface area (Å²) in [6.45, 7) is 0. The molecule has 0 saturated carbocycles. The summed E-state index contributed by atoms with van der Waals surface area (Å²) in [6, 6.07) is -39.5. The predicted octanol–water partition coefficient (Wildman–Crippen LogP) is 14.8. The fourth-order valence-electron chi connectivity index (χ4n) is 5.48. The molecule has 0 aromatic heterocycles. The first-order valence-corrected chi connectivity index (χ1v) is 15.6. The van der Waals surface area contributed by atoms with Crippen LogP contribution in [0.1, 0.15) is 48.0 Å². The Morgan fingerprint density at radius 2 is 0.815 bits per heavy atom. The Morgan fingerprint density at radius 3 is 1.39 bits per heavy atom. The van der Waals surface area contributed by atoms with E-state index in [4.69, 9.17) is 30.8 Å². The number of fused-ring (bicyclic) bond motifs is 6. The van der Waals surface area contributed by atoms with Gasteiger partial charge in [0.1, 0.15) is 5.75 Å². The first-order valence-electron chi connectivity index (χ1n) is 33.1. The van der Waals surface area contributed by atoms with Crippen LogP contribution in [0.5, 0.6) is 11.5 Å². The maximum atomic E-state index is 10.0. The minimum Gasteiger partial charge on any atom is -0.454 e. The van der Waals surface area contributed by atoms with Gasteiger partial charge in [-0.3, -0.25) is 0 Å². The zero-order valence-corrected chi connectivity index (χ0v) is 26.9. The molecule has 0 N–H and O–H groups in total. The van der Waals surface area contributed by atoms with Crippen molar-refractivity contribution in [1.82, 2.24) is 0 Å². The third-order valence-electron chi connectivity index (χ3n) is 7.87. The third kappa shape index (κ3) is 5.71. The van der Waals surface area contributed by atoms with Gasteiger partial charge in [0.25, 0.3) is 0 Å². The highest BCUT2D eigenvalue weighted by atomic mass is 16.5. The van der Waals surface area contributed by atoms with Gasteiger partial charge in [-0.15, -0.1) is 0 Å². The Bertz CT molecular complexity index is 4540. The molecule has 0 bridgehead atoms. The molecule has 10 rings (SSSR count). The summed E-state index contributed by atoms with van der Waals surface area (Å²) >= 11 is 0. The maximum absolute atomic E-state index is 10.0. The number of anilines is 3. The van der Waals surface area contributed by atoms with Crippen molar-refractivity contribution in [1.29, 1.82) is 0 Å². The zero-order chi connectivity index (χ0) is 66.3. The van der Waals surface area contributed by atoms with Crippen molar-refractivity contribution in [2.24, 2.45) is 0 Å². The van der Waals surface area contributed by atoms with Gasteiger partial charge in [0, 0.05) is 22.5 Å². The Kier molecular flexibility index (Phi) is 2.97. The Labute approximate surface area is 365 Å². The molecule has 254 valence electrons. The molecule has 1 aliphatic heterocycles. The Morgan fingerprint density at radius 1 is 0.333 bits per heavy atom. The zero-order valence-electron chi connectivity index (χ0n) is 61.9. The van der Waals surface area contributed by atoms with E-state index in [1.165, 1.54) is 0 Å². The Hall–Kier alpha value is -7.16. The molecule has 2 nitrogen and oxygen atoms in total. The van der Waals surface area contributed by atoms with Crippen LogP contribution in [-0.2, 0) is 0 Å². The standard InChI is InChI=1S/C52H35NO/c1-4-13-36(14-5-1)39-23-28-44(29-24-39)53(45-30-25-40(26-31-45)37-15-6-2-7-16-37)50-22-12-21-47-48-33-43(38-17-8-3-9-18-38)27-32-46(48)49-34-41-19-10-11-20-42(41)35-51(49)54-52(47)50/h1-35H/i1D,2D,3D,4D,5D,6D,7D,8D,9D,10D,11D,12D,13D,14D,15D,16D,17D,18D,19D,20D,21D,22D,23D,24D,25D,26D,27D,28D,29D,30D,31D,32D,33D,34D,35D. The van der Waals surface area contributed by atoms with Crippen molar-refractivity contribution in [2.45, 2.75) is 0 Å². The summed E-state index contributed by atoms with van der Waals surface area (Å²) in [7, 11) is 0. The van der Waals surface area contributed by atoms with E-state index in [2.05, 4.69) is 0 Å². The van der Waals surface area contributed by atoms with E-state index in [0.717, 1.165) is 0 Å². The summed E-state index contributed by atoms with van der Waals surface area (Å²) in [4.78, 5) is 0.237. The molecule has 9 aromatic carbocycles. The molecule has 0 radical (unpaired) electrons. The number of nitrogens with zero attached hydrogens (tertiary/aromatic N) is 1. The first-order chi connectivity index (χ1) is 41.4. The Balaban J connectivity index is 1.50. The number of para-hydroxylation sites is 1. The summed E-state index contributed by atoms with van der Waals surface area (Å²) in [6.07, 6.45) is 0. The van der Waals surface area contributed by atoms with Crippen molar-refractivity contribution in [3.63, 3.8) is 0 Å². The van der Waals surface area contributed by atoms with E-state index in [-0.39, 0.29) is 4.90 Å². The van der Waals surface area contributed by atoms with Crippen molar-refractivity contribution >= 4 is 27.8 Å². The van der Waals surface area contributed by atoms with Crippen LogP contribution in [0.2, 0.25) is 0 Å². The molecule has 0 saturated heterocycles. The topological polar surface area (TPSA) is 12.5 Å². The molecular weight excluding hydrogens is 655 g/mol. The quantitative estimate of drug-likeness (QED) is 0.169. The SMILES string of the molecule is [2H]c1c([2H])c([2H])c(-c2c([2H])c([2H])c(N(c3c([2H])c([2H])c(-c4c([2H])c([2H])c([2H])c([2H])c4[2H])c([2H])c3[2H])c3c([2H])c([2H])c([2H])c4c3Oc3c(c([2H])c5c([2H])c([2H])c([2H])c([2H])c5c3[2H])-c3c([2H])c([2H])c(-c5c([2H])c([2H])c([2H])c([2H])c5[2H])c([2H])c3-4)c([2H])c2[2H])c([2H])c1[2H]. The maximum Gasteiger partial charge on any atom is 0.159 e. The molecule has 0 fully saturated rings. The average molecular weight is 725 g/mol. The minimum atomic E-state index is -1.39. The number of rotatable bonds is 6. The average Bonchev–Trinajstić information content (AvgIpc) is 1.71. The lowest BCUT2D eigenvalue weighted by molar-refractivity contribution is 0.489. The number of hydrogen-bond donors (Lipinski definition) is 0. The van der Waals surface area contributed by atoms with Gasteiger partial charge >= 0.3 is 0 Å². The molecule has 0 amide bonds. The third-order valence-corrected chi connectivity index (χ3v) is 7.87. The molecule has 0 spiro atoms. The van der Waals surface area contributed by atoms with Crippen molar-refractivity contribution in [3.8, 4) is 67.1 Å². The number of benzene rings is 9. The molecule has 9 aromatic rings. The first kappa shape index (κ1) is 11.9. The monoisotopic (exact) mass is 724 g/mol. The van der Waals surface area contributed by atoms with Gasteiger partial charge in [-0.25, -0.2) is 0 Å². The molecule has 0 unspecified atom stereocenters. The lowest BCUT2D eigenvalue weighted by Gasteiger charge is -2.28. The molecule has 1 heterocycles. The van der Waals surface area contributed by atoms with Crippen LogP contribution in [0.15, 0.2) is 211 Å². The highest BCUT2D eigenvalue weighted by molar-refractivity contribution is 6.00. The van der Waals surface area contributed by atoms with E-state index in [1.807, 2.05) is 0 Å². The van der Waals surface area contributed by atoms with Crippen molar-refractivity contribution < 1.29 is 52.7 Å². The van der Waals surface area contributed by atoms with Crippen LogP contribution in [0.3, 0.4) is 0 Å². The van der Waals surface area contributed by atoms with E-state index in [1.54, 1.807) is 0 Å².